The van der Waals surface area contributed by atoms with E-state index in [-0.39, 0.29) is 11.8 Å². The van der Waals surface area contributed by atoms with Crippen LogP contribution in [0.15, 0.2) is 30.3 Å². The van der Waals surface area contributed by atoms with Crippen LogP contribution in [0.25, 0.3) is 0 Å². The molecule has 0 bridgehead atoms. The van der Waals surface area contributed by atoms with Crippen LogP contribution in [0, 0.1) is 0 Å². The van der Waals surface area contributed by atoms with Gasteiger partial charge in [0.1, 0.15) is 5.69 Å². The monoisotopic (exact) mass is 285 g/mol. The maximum atomic E-state index is 11.8. The predicted molar refractivity (Wildman–Crippen MR) is 76.1 cm³/mol. The van der Waals surface area contributed by atoms with Gasteiger partial charge in [0.2, 0.25) is 5.91 Å². The lowest BCUT2D eigenvalue weighted by Crippen LogP contribution is -2.25. The van der Waals surface area contributed by atoms with Gasteiger partial charge in [0.25, 0.3) is 0 Å². The summed E-state index contributed by atoms with van der Waals surface area (Å²) in [6.45, 7) is 0. The predicted octanol–water partition coefficient (Wildman–Crippen LogP) is 1.86. The smallest absolute Gasteiger partial charge is 0.356 e. The number of fused-ring (bicyclic) bond motifs is 1. The van der Waals surface area contributed by atoms with Gasteiger partial charge in [-0.3, -0.25) is 9.89 Å². The largest absolute Gasteiger partial charge is 0.464 e. The van der Waals surface area contributed by atoms with Gasteiger partial charge in [-0.25, -0.2) is 4.79 Å². The van der Waals surface area contributed by atoms with Crippen LogP contribution in [-0.4, -0.2) is 29.2 Å². The zero-order valence-electron chi connectivity index (χ0n) is 11.6. The number of aromatic nitrogens is 2. The summed E-state index contributed by atoms with van der Waals surface area (Å²) in [5.41, 5.74) is 2.15. The number of H-pyrrole nitrogens is 1. The number of methoxy groups -OCH3 is 1. The minimum Gasteiger partial charge on any atom is -0.464 e. The highest BCUT2D eigenvalue weighted by Crippen LogP contribution is 2.35. The molecule has 6 nitrogen and oxygen atoms in total. The first-order valence-corrected chi connectivity index (χ1v) is 6.69. The van der Waals surface area contributed by atoms with Crippen LogP contribution in [0.1, 0.15) is 34.0 Å². The lowest BCUT2D eigenvalue weighted by molar-refractivity contribution is -0.116. The van der Waals surface area contributed by atoms with E-state index in [1.165, 1.54) is 7.11 Å². The topological polar surface area (TPSA) is 84.1 Å². The molecule has 1 amide bonds. The molecule has 6 heteroatoms. The molecule has 1 aliphatic rings. The summed E-state index contributed by atoms with van der Waals surface area (Å²) in [4.78, 5) is 23.6. The molecule has 0 aliphatic carbocycles. The summed E-state index contributed by atoms with van der Waals surface area (Å²) in [5.74, 6) is -0.235. The minimum absolute atomic E-state index is 0.0913. The van der Waals surface area contributed by atoms with Gasteiger partial charge in [-0.2, -0.15) is 5.10 Å². The number of hydrogen-bond acceptors (Lipinski definition) is 4. The zero-order chi connectivity index (χ0) is 14.8. The van der Waals surface area contributed by atoms with Gasteiger partial charge in [0.05, 0.1) is 7.11 Å². The number of amides is 1. The van der Waals surface area contributed by atoms with Gasteiger partial charge in [-0.05, 0) is 12.0 Å². The number of anilines is 1. The van der Waals surface area contributed by atoms with Crippen molar-refractivity contribution in [3.05, 3.63) is 47.2 Å². The van der Waals surface area contributed by atoms with E-state index in [1.54, 1.807) is 0 Å². The maximum Gasteiger partial charge on any atom is 0.356 e. The summed E-state index contributed by atoms with van der Waals surface area (Å²) >= 11 is 0. The number of carbonyl (C=O) groups excluding carboxylic acids is 2. The molecule has 21 heavy (non-hydrogen) atoms. The summed E-state index contributed by atoms with van der Waals surface area (Å²) in [6, 6.07) is 9.86. The Bertz CT molecular complexity index is 679. The second-order valence-corrected chi connectivity index (χ2v) is 4.99. The van der Waals surface area contributed by atoms with E-state index in [2.05, 4.69) is 15.5 Å². The summed E-state index contributed by atoms with van der Waals surface area (Å²) < 4.78 is 4.76. The fourth-order valence-electron chi connectivity index (χ4n) is 2.68. The second kappa shape index (κ2) is 5.40. The van der Waals surface area contributed by atoms with Gasteiger partial charge in [-0.1, -0.05) is 30.3 Å². The number of nitrogens with one attached hydrogen (secondary N) is 2. The quantitative estimate of drug-likeness (QED) is 0.843. The average Bonchev–Trinajstić information content (AvgIpc) is 2.91. The van der Waals surface area contributed by atoms with Gasteiger partial charge in [0, 0.05) is 17.9 Å². The minimum atomic E-state index is -0.474. The van der Waals surface area contributed by atoms with Crippen molar-refractivity contribution in [1.82, 2.24) is 10.2 Å². The van der Waals surface area contributed by atoms with Crippen molar-refractivity contribution in [1.29, 1.82) is 0 Å². The number of rotatable bonds is 3. The third kappa shape index (κ3) is 2.52. The number of esters is 1. The molecule has 1 unspecified atom stereocenters. The number of hydrogen-bond donors (Lipinski definition) is 2. The number of nitrogens with zero attached hydrogens (tertiary/aromatic N) is 1. The van der Waals surface area contributed by atoms with Crippen molar-refractivity contribution in [2.24, 2.45) is 0 Å². The summed E-state index contributed by atoms with van der Waals surface area (Å²) in [5, 5.41) is 9.36. The Balaban J connectivity index is 1.97. The van der Waals surface area contributed by atoms with Gasteiger partial charge < -0.3 is 10.1 Å². The molecule has 2 aromatic rings. The van der Waals surface area contributed by atoms with E-state index in [9.17, 15) is 9.59 Å². The van der Waals surface area contributed by atoms with Crippen LogP contribution < -0.4 is 5.32 Å². The third-order valence-electron chi connectivity index (χ3n) is 3.62. The molecule has 1 aromatic carbocycles. The molecule has 0 saturated heterocycles. The van der Waals surface area contributed by atoms with Crippen LogP contribution >= 0.6 is 0 Å². The molecular formula is C15H15N3O3. The van der Waals surface area contributed by atoms with Crippen LogP contribution in [0.2, 0.25) is 0 Å². The highest BCUT2D eigenvalue weighted by atomic mass is 16.5. The number of carbonyl (C=O) groups is 2. The Morgan fingerprint density at radius 2 is 2.14 bits per heavy atom. The normalized spacial score (nSPS) is 17.0. The molecular weight excluding hydrogens is 270 g/mol. The van der Waals surface area contributed by atoms with E-state index in [1.807, 2.05) is 30.3 Å². The molecule has 2 N–H and O–H groups in total. The van der Waals surface area contributed by atoms with E-state index in [4.69, 9.17) is 4.74 Å². The first kappa shape index (κ1) is 13.4. The molecule has 2 heterocycles. The Labute approximate surface area is 121 Å². The van der Waals surface area contributed by atoms with Gasteiger partial charge in [0.15, 0.2) is 5.82 Å². The first-order valence-electron chi connectivity index (χ1n) is 6.69. The van der Waals surface area contributed by atoms with Gasteiger partial charge >= 0.3 is 5.97 Å². The molecule has 0 saturated carbocycles. The number of aromatic amines is 1. The lowest BCUT2D eigenvalue weighted by Gasteiger charge is -2.22. The number of ether oxygens (including phenoxy) is 1. The van der Waals surface area contributed by atoms with Crippen molar-refractivity contribution in [3.63, 3.8) is 0 Å². The van der Waals surface area contributed by atoms with Crippen molar-refractivity contribution in [2.45, 2.75) is 18.8 Å². The fourth-order valence-corrected chi connectivity index (χ4v) is 2.68. The van der Waals surface area contributed by atoms with Crippen LogP contribution in [0.4, 0.5) is 5.82 Å². The third-order valence-corrected chi connectivity index (χ3v) is 3.62. The molecule has 1 aromatic heterocycles. The molecule has 3 rings (SSSR count). The molecule has 1 atom stereocenters. The van der Waals surface area contributed by atoms with Crippen molar-refractivity contribution in [2.75, 3.05) is 12.4 Å². The second-order valence-electron chi connectivity index (χ2n) is 4.99. The standard InChI is InChI=1S/C15H15N3O3/c1-21-15(20)13-12-10(7-9-5-3-2-4-6-9)8-11(19)16-14(12)18-17-13/h2-6,10H,7-8H2,1H3,(H2,16,17,18,19). The van der Waals surface area contributed by atoms with Crippen molar-refractivity contribution in [3.8, 4) is 0 Å². The SMILES string of the molecule is COC(=O)c1[nH]nc2c1C(Cc1ccccc1)CC(=O)N2. The fraction of sp³-hybridized carbons (Fsp3) is 0.267. The average molecular weight is 285 g/mol. The molecule has 0 radical (unpaired) electrons. The maximum absolute atomic E-state index is 11.8. The Kier molecular flexibility index (Phi) is 3.43. The molecule has 1 aliphatic heterocycles. The molecule has 0 spiro atoms. The highest BCUT2D eigenvalue weighted by Gasteiger charge is 2.33. The van der Waals surface area contributed by atoms with E-state index < -0.39 is 5.97 Å². The summed E-state index contributed by atoms with van der Waals surface area (Å²) in [6.07, 6.45) is 0.996. The lowest BCUT2D eigenvalue weighted by atomic mass is 9.86. The van der Waals surface area contributed by atoms with Crippen molar-refractivity contribution < 1.29 is 14.3 Å². The van der Waals surface area contributed by atoms with E-state index >= 15 is 0 Å². The van der Waals surface area contributed by atoms with Crippen LogP contribution in [0.5, 0.6) is 0 Å². The summed E-state index contributed by atoms with van der Waals surface area (Å²) in [7, 11) is 1.32. The Morgan fingerprint density at radius 1 is 1.38 bits per heavy atom. The van der Waals surface area contributed by atoms with Crippen LogP contribution in [-0.2, 0) is 16.0 Å². The Morgan fingerprint density at radius 3 is 2.86 bits per heavy atom. The highest BCUT2D eigenvalue weighted by molar-refractivity contribution is 5.98. The van der Waals surface area contributed by atoms with E-state index in [0.29, 0.717) is 24.4 Å². The number of benzene rings is 1. The first-order chi connectivity index (χ1) is 10.2. The van der Waals surface area contributed by atoms with Crippen LogP contribution in [0.3, 0.4) is 0 Å². The molecule has 0 fully saturated rings. The molecule has 108 valence electrons. The van der Waals surface area contributed by atoms with E-state index in [0.717, 1.165) is 11.1 Å². The zero-order valence-corrected chi connectivity index (χ0v) is 11.6. The van der Waals surface area contributed by atoms with Gasteiger partial charge in [-0.15, -0.1) is 0 Å². The Hall–Kier alpha value is -2.63. The van der Waals surface area contributed by atoms with Crippen molar-refractivity contribution >= 4 is 17.7 Å².